The topological polar surface area (TPSA) is 29.3 Å². The number of hydrogen-bond donors (Lipinski definition) is 1. The molecule has 2 nitrogen and oxygen atoms in total. The fourth-order valence-electron chi connectivity index (χ4n) is 1.77. The summed E-state index contributed by atoms with van der Waals surface area (Å²) in [5, 5.41) is 0. The molecule has 0 bridgehead atoms. The van der Waals surface area contributed by atoms with Gasteiger partial charge in [0, 0.05) is 24.0 Å². The average Bonchev–Trinajstić information content (AvgIpc) is 2.65. The number of nitrogens with zero attached hydrogens (tertiary/aromatic N) is 1. The van der Waals surface area contributed by atoms with Crippen LogP contribution >= 0.6 is 22.9 Å². The highest BCUT2D eigenvalue weighted by Gasteiger charge is 2.13. The third kappa shape index (κ3) is 4.42. The first-order valence-electron chi connectivity index (χ1n) is 5.81. The number of unbranched alkanes of at least 4 members (excludes halogenated alkanes) is 1. The Kier molecular flexibility index (Phi) is 6.36. The van der Waals surface area contributed by atoms with Gasteiger partial charge in [-0.1, -0.05) is 31.4 Å². The van der Waals surface area contributed by atoms with Gasteiger partial charge < -0.3 is 5.73 Å². The van der Waals surface area contributed by atoms with Gasteiger partial charge in [0.05, 0.1) is 4.34 Å². The first-order valence-corrected chi connectivity index (χ1v) is 7.01. The van der Waals surface area contributed by atoms with E-state index >= 15 is 0 Å². The monoisotopic (exact) mass is 260 g/mol. The Balaban J connectivity index is 2.45. The van der Waals surface area contributed by atoms with E-state index in [0.29, 0.717) is 6.04 Å². The Bertz CT molecular complexity index is 301. The van der Waals surface area contributed by atoms with Crippen molar-refractivity contribution in [3.63, 3.8) is 0 Å². The second kappa shape index (κ2) is 7.28. The van der Waals surface area contributed by atoms with Gasteiger partial charge in [-0.3, -0.25) is 4.90 Å². The summed E-state index contributed by atoms with van der Waals surface area (Å²) in [6.45, 7) is 3.89. The van der Waals surface area contributed by atoms with Gasteiger partial charge in [-0.25, -0.2) is 0 Å². The van der Waals surface area contributed by atoms with Gasteiger partial charge in [-0.15, -0.1) is 11.3 Å². The first-order chi connectivity index (χ1) is 7.67. The van der Waals surface area contributed by atoms with Crippen LogP contribution < -0.4 is 5.73 Å². The van der Waals surface area contributed by atoms with Crippen molar-refractivity contribution in [1.29, 1.82) is 0 Å². The Labute approximate surface area is 107 Å². The molecule has 92 valence electrons. The smallest absolute Gasteiger partial charge is 0.0931 e. The fraction of sp³-hybridized carbons (Fsp3) is 0.667. The molecule has 0 saturated heterocycles. The summed E-state index contributed by atoms with van der Waals surface area (Å²) in [5.41, 5.74) is 5.81. The van der Waals surface area contributed by atoms with Crippen LogP contribution in [-0.4, -0.2) is 24.5 Å². The van der Waals surface area contributed by atoms with E-state index in [1.807, 2.05) is 6.07 Å². The molecule has 0 spiro atoms. The van der Waals surface area contributed by atoms with E-state index in [4.69, 9.17) is 17.3 Å². The second-order valence-electron chi connectivity index (χ2n) is 4.15. The molecule has 0 aliphatic rings. The highest BCUT2D eigenvalue weighted by atomic mass is 35.5. The van der Waals surface area contributed by atoms with E-state index in [2.05, 4.69) is 24.9 Å². The lowest BCUT2D eigenvalue weighted by Crippen LogP contribution is -2.37. The summed E-state index contributed by atoms with van der Waals surface area (Å²) in [5.74, 6) is 0. The lowest BCUT2D eigenvalue weighted by Gasteiger charge is -2.26. The van der Waals surface area contributed by atoms with Crippen LogP contribution in [0.2, 0.25) is 4.34 Å². The molecule has 1 unspecified atom stereocenters. The molecular formula is C12H21ClN2S. The Morgan fingerprint density at radius 1 is 1.50 bits per heavy atom. The third-order valence-electron chi connectivity index (χ3n) is 2.82. The lowest BCUT2D eigenvalue weighted by atomic mass is 10.1. The molecule has 1 rings (SSSR count). The van der Waals surface area contributed by atoms with Crippen molar-refractivity contribution in [3.8, 4) is 0 Å². The van der Waals surface area contributed by atoms with Gasteiger partial charge in [0.15, 0.2) is 0 Å². The zero-order valence-electron chi connectivity index (χ0n) is 10.1. The Morgan fingerprint density at radius 3 is 2.75 bits per heavy atom. The summed E-state index contributed by atoms with van der Waals surface area (Å²) < 4.78 is 0.862. The summed E-state index contributed by atoms with van der Waals surface area (Å²) in [4.78, 5) is 3.64. The standard InChI is InChI=1S/C12H21ClN2S/c1-3-4-5-10(8-14)15(2)9-11-6-7-12(13)16-11/h6-7,10H,3-5,8-9,14H2,1-2H3. The summed E-state index contributed by atoms with van der Waals surface area (Å²) in [6.07, 6.45) is 3.66. The van der Waals surface area contributed by atoms with Crippen LogP contribution in [0.1, 0.15) is 31.1 Å². The maximum atomic E-state index is 5.92. The van der Waals surface area contributed by atoms with E-state index in [0.717, 1.165) is 17.4 Å². The van der Waals surface area contributed by atoms with Crippen molar-refractivity contribution in [3.05, 3.63) is 21.3 Å². The fourth-order valence-corrected chi connectivity index (χ4v) is 2.92. The van der Waals surface area contributed by atoms with E-state index in [1.54, 1.807) is 11.3 Å². The largest absolute Gasteiger partial charge is 0.329 e. The second-order valence-corrected chi connectivity index (χ2v) is 5.95. The van der Waals surface area contributed by atoms with Gasteiger partial charge in [-0.05, 0) is 25.6 Å². The van der Waals surface area contributed by atoms with E-state index in [9.17, 15) is 0 Å². The minimum atomic E-state index is 0.487. The molecule has 0 aliphatic carbocycles. The van der Waals surface area contributed by atoms with Crippen LogP contribution in [-0.2, 0) is 6.54 Å². The Hall–Kier alpha value is -0.0900. The van der Waals surface area contributed by atoms with Crippen molar-refractivity contribution in [2.24, 2.45) is 5.73 Å². The average molecular weight is 261 g/mol. The van der Waals surface area contributed by atoms with Gasteiger partial charge in [0.25, 0.3) is 0 Å². The number of nitrogens with two attached hydrogens (primary N) is 1. The molecule has 1 atom stereocenters. The van der Waals surface area contributed by atoms with Gasteiger partial charge in [-0.2, -0.15) is 0 Å². The minimum absolute atomic E-state index is 0.487. The van der Waals surface area contributed by atoms with Crippen molar-refractivity contribution >= 4 is 22.9 Å². The molecule has 0 aliphatic heterocycles. The van der Waals surface area contributed by atoms with Crippen LogP contribution in [0.4, 0.5) is 0 Å². The Morgan fingerprint density at radius 2 is 2.25 bits per heavy atom. The molecule has 0 amide bonds. The predicted molar refractivity (Wildman–Crippen MR) is 73.2 cm³/mol. The van der Waals surface area contributed by atoms with Crippen LogP contribution in [0.25, 0.3) is 0 Å². The van der Waals surface area contributed by atoms with Crippen LogP contribution in [0, 0.1) is 0 Å². The van der Waals surface area contributed by atoms with Crippen LogP contribution in [0.15, 0.2) is 12.1 Å². The lowest BCUT2D eigenvalue weighted by molar-refractivity contribution is 0.225. The van der Waals surface area contributed by atoms with Crippen LogP contribution in [0.5, 0.6) is 0 Å². The molecule has 0 radical (unpaired) electrons. The zero-order valence-corrected chi connectivity index (χ0v) is 11.7. The molecule has 1 aromatic rings. The highest BCUT2D eigenvalue weighted by molar-refractivity contribution is 7.16. The van der Waals surface area contributed by atoms with E-state index < -0.39 is 0 Å². The van der Waals surface area contributed by atoms with Crippen molar-refractivity contribution in [2.75, 3.05) is 13.6 Å². The van der Waals surface area contributed by atoms with Gasteiger partial charge in [0.2, 0.25) is 0 Å². The maximum Gasteiger partial charge on any atom is 0.0931 e. The van der Waals surface area contributed by atoms with Gasteiger partial charge in [0.1, 0.15) is 0 Å². The molecule has 2 N–H and O–H groups in total. The minimum Gasteiger partial charge on any atom is -0.329 e. The first kappa shape index (κ1) is 14.0. The van der Waals surface area contributed by atoms with Crippen molar-refractivity contribution in [1.82, 2.24) is 4.90 Å². The molecule has 4 heteroatoms. The van der Waals surface area contributed by atoms with E-state index in [-0.39, 0.29) is 0 Å². The SMILES string of the molecule is CCCCC(CN)N(C)Cc1ccc(Cl)s1. The van der Waals surface area contributed by atoms with Crippen molar-refractivity contribution in [2.45, 2.75) is 38.8 Å². The molecular weight excluding hydrogens is 240 g/mol. The number of thiophene rings is 1. The van der Waals surface area contributed by atoms with E-state index in [1.165, 1.54) is 24.1 Å². The molecule has 0 fully saturated rings. The molecule has 16 heavy (non-hydrogen) atoms. The molecule has 0 saturated carbocycles. The number of halogens is 1. The van der Waals surface area contributed by atoms with Gasteiger partial charge >= 0.3 is 0 Å². The van der Waals surface area contributed by atoms with Crippen molar-refractivity contribution < 1.29 is 0 Å². The van der Waals surface area contributed by atoms with Crippen LogP contribution in [0.3, 0.4) is 0 Å². The molecule has 1 aromatic heterocycles. The third-order valence-corrected chi connectivity index (χ3v) is 4.04. The molecule has 1 heterocycles. The summed E-state index contributed by atoms with van der Waals surface area (Å²) in [6, 6.07) is 4.54. The normalized spacial score (nSPS) is 13.3. The summed E-state index contributed by atoms with van der Waals surface area (Å²) in [7, 11) is 2.14. The predicted octanol–water partition coefficient (Wildman–Crippen LogP) is 3.35. The molecule has 0 aromatic carbocycles. The number of hydrogen-bond acceptors (Lipinski definition) is 3. The number of rotatable bonds is 7. The highest BCUT2D eigenvalue weighted by Crippen LogP contribution is 2.23. The zero-order chi connectivity index (χ0) is 12.0. The quantitative estimate of drug-likeness (QED) is 0.815. The summed E-state index contributed by atoms with van der Waals surface area (Å²) >= 11 is 7.57. The maximum absolute atomic E-state index is 5.92. The number of likely N-dealkylation sites (N-methyl/N-ethyl adjacent to an activating group) is 1.